The molecule has 22 heavy (non-hydrogen) atoms. The molecule has 1 aliphatic carbocycles. The van der Waals surface area contributed by atoms with Crippen LogP contribution < -0.4 is 10.5 Å². The van der Waals surface area contributed by atoms with Crippen molar-refractivity contribution in [3.8, 4) is 5.75 Å². The van der Waals surface area contributed by atoms with Crippen LogP contribution in [0, 0.1) is 5.92 Å². The quantitative estimate of drug-likeness (QED) is 0.865. The summed E-state index contributed by atoms with van der Waals surface area (Å²) in [6.45, 7) is 4.82. The van der Waals surface area contributed by atoms with E-state index in [1.165, 1.54) is 10.4 Å². The number of nitrogens with two attached hydrogens (primary N) is 1. The fraction of sp³-hybridized carbons (Fsp3) is 0.389. The molecule has 4 heteroatoms. The number of rotatable bonds is 4. The molecule has 0 saturated carbocycles. The lowest BCUT2D eigenvalue weighted by molar-refractivity contribution is 0.103. The zero-order valence-corrected chi connectivity index (χ0v) is 13.8. The molecule has 2 aromatic rings. The Morgan fingerprint density at radius 2 is 2.09 bits per heavy atom. The molecule has 1 aliphatic rings. The van der Waals surface area contributed by atoms with Gasteiger partial charge >= 0.3 is 0 Å². The van der Waals surface area contributed by atoms with E-state index in [1.807, 2.05) is 31.2 Å². The van der Waals surface area contributed by atoms with Crippen molar-refractivity contribution in [2.24, 2.45) is 5.92 Å². The van der Waals surface area contributed by atoms with Gasteiger partial charge in [-0.2, -0.15) is 0 Å². The summed E-state index contributed by atoms with van der Waals surface area (Å²) in [6.07, 6.45) is 3.13. The summed E-state index contributed by atoms with van der Waals surface area (Å²) in [6, 6.07) is 7.33. The number of hydrogen-bond acceptors (Lipinski definition) is 4. The van der Waals surface area contributed by atoms with Gasteiger partial charge in [-0.15, -0.1) is 11.3 Å². The average Bonchev–Trinajstić information content (AvgIpc) is 2.82. The molecule has 2 N–H and O–H groups in total. The van der Waals surface area contributed by atoms with Gasteiger partial charge in [0.2, 0.25) is 0 Å². The van der Waals surface area contributed by atoms with E-state index in [1.54, 1.807) is 11.3 Å². The highest BCUT2D eigenvalue weighted by molar-refractivity contribution is 7.16. The SMILES string of the molecule is CCOc1ccc(C(=O)c2c(N)sc3c2CCC(C)C3)cc1. The third-order valence-electron chi connectivity index (χ3n) is 4.19. The van der Waals surface area contributed by atoms with E-state index >= 15 is 0 Å². The van der Waals surface area contributed by atoms with Crippen LogP contribution in [-0.4, -0.2) is 12.4 Å². The molecule has 0 fully saturated rings. The number of ketones is 1. The predicted molar refractivity (Wildman–Crippen MR) is 91.0 cm³/mol. The second-order valence-corrected chi connectivity index (χ2v) is 7.01. The molecule has 116 valence electrons. The number of carbonyl (C=O) groups is 1. The normalized spacial score (nSPS) is 17.1. The van der Waals surface area contributed by atoms with Crippen LogP contribution in [0.4, 0.5) is 5.00 Å². The van der Waals surface area contributed by atoms with E-state index < -0.39 is 0 Å². The maximum atomic E-state index is 12.8. The molecule has 3 nitrogen and oxygen atoms in total. The second-order valence-electron chi connectivity index (χ2n) is 5.88. The molecule has 0 spiro atoms. The summed E-state index contributed by atoms with van der Waals surface area (Å²) in [5.41, 5.74) is 8.74. The minimum atomic E-state index is 0.0348. The van der Waals surface area contributed by atoms with E-state index in [4.69, 9.17) is 10.5 Å². The van der Waals surface area contributed by atoms with Crippen molar-refractivity contribution in [2.45, 2.75) is 33.1 Å². The van der Waals surface area contributed by atoms with Gasteiger partial charge in [-0.05, 0) is 61.9 Å². The summed E-state index contributed by atoms with van der Waals surface area (Å²) in [7, 11) is 0. The van der Waals surface area contributed by atoms with Crippen LogP contribution in [0.2, 0.25) is 0 Å². The molecule has 1 heterocycles. The fourth-order valence-electron chi connectivity index (χ4n) is 3.03. The first kappa shape index (κ1) is 15.1. The number of nitrogen functional groups attached to an aromatic ring is 1. The van der Waals surface area contributed by atoms with Crippen LogP contribution in [0.1, 0.15) is 46.6 Å². The third kappa shape index (κ3) is 2.75. The Morgan fingerprint density at radius 1 is 1.36 bits per heavy atom. The molecule has 0 aliphatic heterocycles. The van der Waals surface area contributed by atoms with Crippen LogP contribution in [0.5, 0.6) is 5.75 Å². The lowest BCUT2D eigenvalue weighted by Gasteiger charge is -2.18. The number of benzene rings is 1. The van der Waals surface area contributed by atoms with Gasteiger partial charge < -0.3 is 10.5 Å². The number of thiophene rings is 1. The summed E-state index contributed by atoms with van der Waals surface area (Å²) < 4.78 is 5.42. The standard InChI is InChI=1S/C18H21NO2S/c1-3-21-13-7-5-12(6-8-13)17(20)16-14-9-4-11(2)10-15(14)22-18(16)19/h5-8,11H,3-4,9-10,19H2,1-2H3. The number of carbonyl (C=O) groups excluding carboxylic acids is 1. The zero-order valence-electron chi connectivity index (χ0n) is 13.0. The van der Waals surface area contributed by atoms with Gasteiger partial charge in [-0.3, -0.25) is 4.79 Å². The van der Waals surface area contributed by atoms with Gasteiger partial charge in [0.05, 0.1) is 17.2 Å². The first-order valence-electron chi connectivity index (χ1n) is 7.77. The monoisotopic (exact) mass is 315 g/mol. The van der Waals surface area contributed by atoms with Crippen molar-refractivity contribution in [1.29, 1.82) is 0 Å². The van der Waals surface area contributed by atoms with Crippen molar-refractivity contribution in [3.63, 3.8) is 0 Å². The van der Waals surface area contributed by atoms with Gasteiger partial charge in [0, 0.05) is 10.4 Å². The molecule has 3 rings (SSSR count). The van der Waals surface area contributed by atoms with Crippen molar-refractivity contribution >= 4 is 22.1 Å². The molecule has 0 bridgehead atoms. The molecular formula is C18H21NO2S. The van der Waals surface area contributed by atoms with Gasteiger partial charge in [-0.1, -0.05) is 6.92 Å². The molecule has 1 unspecified atom stereocenters. The molecule has 0 amide bonds. The predicted octanol–water partition coefficient (Wildman–Crippen LogP) is 4.08. The minimum absolute atomic E-state index is 0.0348. The van der Waals surface area contributed by atoms with E-state index in [0.29, 0.717) is 23.1 Å². The van der Waals surface area contributed by atoms with Crippen molar-refractivity contribution in [3.05, 3.63) is 45.8 Å². The topological polar surface area (TPSA) is 52.3 Å². The third-order valence-corrected chi connectivity index (χ3v) is 5.28. The van der Waals surface area contributed by atoms with Crippen LogP contribution in [-0.2, 0) is 12.8 Å². The lowest BCUT2D eigenvalue weighted by Crippen LogP contribution is -2.13. The molecule has 0 radical (unpaired) electrons. The first-order valence-corrected chi connectivity index (χ1v) is 8.59. The molecule has 1 aromatic heterocycles. The Hall–Kier alpha value is -1.81. The van der Waals surface area contributed by atoms with Crippen LogP contribution in [0.3, 0.4) is 0 Å². The highest BCUT2D eigenvalue weighted by Gasteiger charge is 2.26. The average molecular weight is 315 g/mol. The van der Waals surface area contributed by atoms with Gasteiger partial charge in [0.15, 0.2) is 5.78 Å². The van der Waals surface area contributed by atoms with Gasteiger partial charge in [0.1, 0.15) is 5.75 Å². The zero-order chi connectivity index (χ0) is 15.7. The van der Waals surface area contributed by atoms with E-state index in [2.05, 4.69) is 6.92 Å². The Balaban J connectivity index is 1.92. The Labute approximate surface area is 135 Å². The number of hydrogen-bond donors (Lipinski definition) is 1. The summed E-state index contributed by atoms with van der Waals surface area (Å²) in [4.78, 5) is 14.1. The second kappa shape index (κ2) is 6.13. The lowest BCUT2D eigenvalue weighted by atomic mass is 9.86. The molecule has 1 aromatic carbocycles. The summed E-state index contributed by atoms with van der Waals surface area (Å²) in [5, 5.41) is 0.665. The Kier molecular flexibility index (Phi) is 4.21. The van der Waals surface area contributed by atoms with E-state index in [-0.39, 0.29) is 5.78 Å². The first-order chi connectivity index (χ1) is 10.6. The summed E-state index contributed by atoms with van der Waals surface area (Å²) in [5.74, 6) is 1.50. The van der Waals surface area contributed by atoms with Gasteiger partial charge in [0.25, 0.3) is 0 Å². The largest absolute Gasteiger partial charge is 0.494 e. The summed E-state index contributed by atoms with van der Waals surface area (Å²) >= 11 is 1.59. The van der Waals surface area contributed by atoms with Crippen LogP contribution in [0.15, 0.2) is 24.3 Å². The number of anilines is 1. The highest BCUT2D eigenvalue weighted by Crippen LogP contribution is 2.39. The van der Waals surface area contributed by atoms with Crippen LogP contribution in [0.25, 0.3) is 0 Å². The molecular weight excluding hydrogens is 294 g/mol. The molecule has 1 atom stereocenters. The fourth-order valence-corrected chi connectivity index (χ4v) is 4.31. The number of ether oxygens (including phenoxy) is 1. The Bertz CT molecular complexity index is 688. The smallest absolute Gasteiger partial charge is 0.196 e. The minimum Gasteiger partial charge on any atom is -0.494 e. The Morgan fingerprint density at radius 3 is 2.77 bits per heavy atom. The molecule has 0 saturated heterocycles. The van der Waals surface area contributed by atoms with E-state index in [0.717, 1.165) is 30.6 Å². The maximum absolute atomic E-state index is 12.8. The van der Waals surface area contributed by atoms with Crippen LogP contribution >= 0.6 is 11.3 Å². The van der Waals surface area contributed by atoms with Gasteiger partial charge in [-0.25, -0.2) is 0 Å². The van der Waals surface area contributed by atoms with Crippen molar-refractivity contribution < 1.29 is 9.53 Å². The maximum Gasteiger partial charge on any atom is 0.196 e. The van der Waals surface area contributed by atoms with Crippen molar-refractivity contribution in [2.75, 3.05) is 12.3 Å². The number of fused-ring (bicyclic) bond motifs is 1. The van der Waals surface area contributed by atoms with Crippen molar-refractivity contribution in [1.82, 2.24) is 0 Å². The highest BCUT2D eigenvalue weighted by atomic mass is 32.1. The van der Waals surface area contributed by atoms with E-state index in [9.17, 15) is 4.79 Å².